The average molecular weight is 257 g/mol. The standard InChI is InChI=1S/C15H15NOS/c1-2-16-13-9-6-7-10-14(13)18-15(16)11-5-3-4-8-12-17/h3-12H,2H2,1H3. The van der Waals surface area contributed by atoms with Crippen molar-refractivity contribution in [2.75, 3.05) is 11.4 Å². The first-order chi connectivity index (χ1) is 8.86. The van der Waals surface area contributed by atoms with E-state index >= 15 is 0 Å². The molecule has 0 aromatic heterocycles. The summed E-state index contributed by atoms with van der Waals surface area (Å²) in [5.74, 6) is 0. The fraction of sp³-hybridized carbons (Fsp3) is 0.133. The van der Waals surface area contributed by atoms with Crippen molar-refractivity contribution in [3.8, 4) is 0 Å². The highest BCUT2D eigenvalue weighted by Gasteiger charge is 2.22. The van der Waals surface area contributed by atoms with Crippen LogP contribution in [0.15, 0.2) is 64.6 Å². The maximum Gasteiger partial charge on any atom is 0.142 e. The van der Waals surface area contributed by atoms with E-state index in [-0.39, 0.29) is 0 Å². The van der Waals surface area contributed by atoms with Crippen LogP contribution in [0.5, 0.6) is 0 Å². The minimum Gasteiger partial charge on any atom is -0.335 e. The summed E-state index contributed by atoms with van der Waals surface area (Å²) >= 11 is 1.77. The van der Waals surface area contributed by atoms with Gasteiger partial charge in [0.2, 0.25) is 0 Å². The van der Waals surface area contributed by atoms with Crippen molar-refractivity contribution in [2.24, 2.45) is 0 Å². The van der Waals surface area contributed by atoms with E-state index in [9.17, 15) is 4.79 Å². The van der Waals surface area contributed by atoms with Crippen molar-refractivity contribution in [2.45, 2.75) is 11.8 Å². The lowest BCUT2D eigenvalue weighted by Gasteiger charge is -2.17. The number of hydrogen-bond acceptors (Lipinski definition) is 3. The third-order valence-corrected chi connectivity index (χ3v) is 3.73. The van der Waals surface area contributed by atoms with Gasteiger partial charge in [0.05, 0.1) is 10.7 Å². The summed E-state index contributed by atoms with van der Waals surface area (Å²) in [6, 6.07) is 8.40. The van der Waals surface area contributed by atoms with E-state index in [1.165, 1.54) is 21.7 Å². The Labute approximate surface area is 112 Å². The van der Waals surface area contributed by atoms with Crippen LogP contribution in [0.3, 0.4) is 0 Å². The molecule has 0 saturated heterocycles. The first-order valence-electron chi connectivity index (χ1n) is 5.90. The molecule has 1 heterocycles. The number of allylic oxidation sites excluding steroid dienone is 5. The summed E-state index contributed by atoms with van der Waals surface area (Å²) in [6.07, 6.45) is 9.87. The molecule has 1 aromatic rings. The van der Waals surface area contributed by atoms with Gasteiger partial charge in [0.15, 0.2) is 0 Å². The van der Waals surface area contributed by atoms with E-state index in [1.54, 1.807) is 17.8 Å². The zero-order chi connectivity index (χ0) is 12.8. The first kappa shape index (κ1) is 12.7. The number of carbonyl (C=O) groups is 1. The number of fused-ring (bicyclic) bond motifs is 1. The highest BCUT2D eigenvalue weighted by atomic mass is 32.2. The van der Waals surface area contributed by atoms with Crippen LogP contribution < -0.4 is 4.90 Å². The highest BCUT2D eigenvalue weighted by molar-refractivity contribution is 8.03. The van der Waals surface area contributed by atoms with Crippen molar-refractivity contribution in [1.29, 1.82) is 0 Å². The Kier molecular flexibility index (Phi) is 4.42. The van der Waals surface area contributed by atoms with Crippen LogP contribution in [0.2, 0.25) is 0 Å². The predicted octanol–water partition coefficient (Wildman–Crippen LogP) is 3.77. The van der Waals surface area contributed by atoms with Crippen LogP contribution >= 0.6 is 11.8 Å². The molecule has 0 amide bonds. The number of anilines is 1. The number of aldehydes is 1. The third kappa shape index (κ3) is 2.74. The van der Waals surface area contributed by atoms with Gasteiger partial charge >= 0.3 is 0 Å². The smallest absolute Gasteiger partial charge is 0.142 e. The number of rotatable bonds is 4. The second-order valence-electron chi connectivity index (χ2n) is 3.72. The molecule has 0 spiro atoms. The fourth-order valence-electron chi connectivity index (χ4n) is 1.81. The second-order valence-corrected chi connectivity index (χ2v) is 4.79. The van der Waals surface area contributed by atoms with E-state index in [2.05, 4.69) is 42.2 Å². The molecule has 2 nitrogen and oxygen atoms in total. The SMILES string of the molecule is CCN1C(=CC=CC=CC=O)Sc2ccccc21. The van der Waals surface area contributed by atoms with Gasteiger partial charge in [-0.3, -0.25) is 4.79 Å². The normalized spacial score (nSPS) is 16.9. The Morgan fingerprint density at radius 1 is 1.17 bits per heavy atom. The number of nitrogens with zero attached hydrogens (tertiary/aromatic N) is 1. The maximum absolute atomic E-state index is 10.1. The molecule has 0 saturated carbocycles. The van der Waals surface area contributed by atoms with Gasteiger partial charge in [-0.1, -0.05) is 42.1 Å². The maximum atomic E-state index is 10.1. The predicted molar refractivity (Wildman–Crippen MR) is 77.7 cm³/mol. The molecule has 3 heteroatoms. The quantitative estimate of drug-likeness (QED) is 0.465. The highest BCUT2D eigenvalue weighted by Crippen LogP contribution is 2.45. The van der Waals surface area contributed by atoms with Gasteiger partial charge in [-0.15, -0.1) is 0 Å². The average Bonchev–Trinajstić information content (AvgIpc) is 2.76. The molecule has 1 aromatic carbocycles. The van der Waals surface area contributed by atoms with E-state index in [0.29, 0.717) is 0 Å². The molecule has 0 aliphatic carbocycles. The van der Waals surface area contributed by atoms with Crippen LogP contribution in [0.25, 0.3) is 0 Å². The van der Waals surface area contributed by atoms with Crippen molar-refractivity contribution >= 4 is 23.7 Å². The molecule has 0 atom stereocenters. The molecule has 92 valence electrons. The minimum atomic E-state index is 0.774. The van der Waals surface area contributed by atoms with Crippen LogP contribution in [0.4, 0.5) is 5.69 Å². The van der Waals surface area contributed by atoms with Crippen molar-refractivity contribution in [1.82, 2.24) is 0 Å². The third-order valence-electron chi connectivity index (χ3n) is 2.60. The van der Waals surface area contributed by atoms with Gasteiger partial charge in [-0.25, -0.2) is 0 Å². The lowest BCUT2D eigenvalue weighted by atomic mass is 10.3. The largest absolute Gasteiger partial charge is 0.335 e. The Hall–Kier alpha value is -1.74. The molecule has 1 aliphatic heterocycles. The van der Waals surface area contributed by atoms with Crippen LogP contribution in [-0.2, 0) is 4.79 Å². The van der Waals surface area contributed by atoms with Gasteiger partial charge in [0.1, 0.15) is 6.29 Å². The molecule has 0 fully saturated rings. The molecule has 2 rings (SSSR count). The van der Waals surface area contributed by atoms with E-state index in [0.717, 1.165) is 12.8 Å². The summed E-state index contributed by atoms with van der Waals surface area (Å²) in [5.41, 5.74) is 1.27. The molecule has 0 bridgehead atoms. The lowest BCUT2D eigenvalue weighted by molar-refractivity contribution is -0.104. The van der Waals surface area contributed by atoms with Gasteiger partial charge < -0.3 is 4.90 Å². The van der Waals surface area contributed by atoms with Crippen molar-refractivity contribution in [3.05, 3.63) is 59.7 Å². The Morgan fingerprint density at radius 3 is 2.72 bits per heavy atom. The molecule has 18 heavy (non-hydrogen) atoms. The zero-order valence-corrected chi connectivity index (χ0v) is 11.1. The number of hydrogen-bond donors (Lipinski definition) is 0. The Morgan fingerprint density at radius 2 is 1.94 bits per heavy atom. The van der Waals surface area contributed by atoms with Crippen LogP contribution in [0, 0.1) is 0 Å². The molecule has 0 radical (unpaired) electrons. The number of thioether (sulfide) groups is 1. The molecule has 0 unspecified atom stereocenters. The van der Waals surface area contributed by atoms with Gasteiger partial charge in [-0.05, 0) is 31.2 Å². The van der Waals surface area contributed by atoms with Crippen molar-refractivity contribution < 1.29 is 4.79 Å². The van der Waals surface area contributed by atoms with E-state index in [4.69, 9.17) is 0 Å². The second kappa shape index (κ2) is 6.26. The minimum absolute atomic E-state index is 0.774. The van der Waals surface area contributed by atoms with E-state index < -0.39 is 0 Å². The summed E-state index contributed by atoms with van der Waals surface area (Å²) in [4.78, 5) is 13.7. The summed E-state index contributed by atoms with van der Waals surface area (Å²) in [7, 11) is 0. The number of para-hydroxylation sites is 1. The van der Waals surface area contributed by atoms with Gasteiger partial charge in [0, 0.05) is 11.4 Å². The summed E-state index contributed by atoms with van der Waals surface area (Å²) < 4.78 is 0. The number of carbonyl (C=O) groups excluding carboxylic acids is 1. The monoisotopic (exact) mass is 257 g/mol. The Bertz CT molecular complexity index is 517. The molecular formula is C15H15NOS. The fourth-order valence-corrected chi connectivity index (χ4v) is 2.95. The Balaban J connectivity index is 2.17. The molecule has 0 N–H and O–H groups in total. The summed E-state index contributed by atoms with van der Waals surface area (Å²) in [6.45, 7) is 3.10. The molecule has 1 aliphatic rings. The van der Waals surface area contributed by atoms with Gasteiger partial charge in [-0.2, -0.15) is 0 Å². The zero-order valence-electron chi connectivity index (χ0n) is 10.2. The van der Waals surface area contributed by atoms with Gasteiger partial charge in [0.25, 0.3) is 0 Å². The molecular weight excluding hydrogens is 242 g/mol. The first-order valence-corrected chi connectivity index (χ1v) is 6.71. The van der Waals surface area contributed by atoms with Crippen LogP contribution in [-0.4, -0.2) is 12.8 Å². The van der Waals surface area contributed by atoms with Crippen molar-refractivity contribution in [3.63, 3.8) is 0 Å². The van der Waals surface area contributed by atoms with E-state index in [1.807, 2.05) is 12.2 Å². The lowest BCUT2D eigenvalue weighted by Crippen LogP contribution is -2.16. The number of benzene rings is 1. The summed E-state index contributed by atoms with van der Waals surface area (Å²) in [5, 5.41) is 1.22. The van der Waals surface area contributed by atoms with Crippen LogP contribution in [0.1, 0.15) is 6.92 Å². The topological polar surface area (TPSA) is 20.3 Å².